The quantitative estimate of drug-likeness (QED) is 0.204. The summed E-state index contributed by atoms with van der Waals surface area (Å²) in [4.78, 5) is 10.7. The number of carbonyl (C=O) groups is 1. The maximum Gasteiger partial charge on any atom is 0.330 e. The Bertz CT molecular complexity index is 173. The van der Waals surface area contributed by atoms with Gasteiger partial charge in [-0.2, -0.15) is 0 Å². The van der Waals surface area contributed by atoms with E-state index >= 15 is 0 Å². The van der Waals surface area contributed by atoms with Gasteiger partial charge in [-0.05, 0) is 6.42 Å². The van der Waals surface area contributed by atoms with Crippen molar-refractivity contribution in [3.8, 4) is 0 Å². The highest BCUT2D eigenvalue weighted by Gasteiger charge is 1.95. The van der Waals surface area contributed by atoms with Crippen LogP contribution in [0.15, 0.2) is 12.7 Å². The maximum absolute atomic E-state index is 10.7. The second kappa shape index (κ2) is 17.5. The summed E-state index contributed by atoms with van der Waals surface area (Å²) >= 11 is 0. The highest BCUT2D eigenvalue weighted by molar-refractivity contribution is 5.81. The third-order valence-electron chi connectivity index (χ3n) is 2.41. The van der Waals surface area contributed by atoms with Gasteiger partial charge in [0.15, 0.2) is 0 Å². The predicted octanol–water partition coefficient (Wildman–Crippen LogP) is 2.68. The van der Waals surface area contributed by atoms with Gasteiger partial charge in [-0.1, -0.05) is 58.4 Å². The van der Waals surface area contributed by atoms with Crippen LogP contribution < -0.4 is 11.7 Å². The first-order chi connectivity index (χ1) is 8.31. The van der Waals surface area contributed by atoms with Gasteiger partial charge in [0.05, 0.1) is 6.61 Å². The summed E-state index contributed by atoms with van der Waals surface area (Å²) in [6.07, 6.45) is 11.3. The summed E-state index contributed by atoms with van der Waals surface area (Å²) in [5, 5.41) is 0. The van der Waals surface area contributed by atoms with E-state index in [4.69, 9.17) is 4.74 Å². The van der Waals surface area contributed by atoms with E-state index in [-0.39, 0.29) is 5.97 Å². The molecule has 4 nitrogen and oxygen atoms in total. The van der Waals surface area contributed by atoms with Crippen LogP contribution in [0.5, 0.6) is 0 Å². The monoisotopic (exact) mass is 244 g/mol. The van der Waals surface area contributed by atoms with Gasteiger partial charge in [-0.25, -0.2) is 4.79 Å². The Morgan fingerprint density at radius 1 is 1.06 bits per heavy atom. The number of unbranched alkanes of at least 4 members (excludes halogenated alkanes) is 7. The van der Waals surface area contributed by atoms with Crippen molar-refractivity contribution in [1.82, 2.24) is 0 Å². The molecule has 0 spiro atoms. The lowest BCUT2D eigenvalue weighted by atomic mass is 10.1. The zero-order valence-electron chi connectivity index (χ0n) is 11.1. The van der Waals surface area contributed by atoms with Crippen molar-refractivity contribution in [2.75, 3.05) is 6.61 Å². The second-order valence-electron chi connectivity index (χ2n) is 3.85. The molecular formula is C13H28N2O2. The molecule has 102 valence electrons. The van der Waals surface area contributed by atoms with Crippen LogP contribution in [0.1, 0.15) is 58.3 Å². The summed E-state index contributed by atoms with van der Waals surface area (Å²) in [6.45, 7) is 6.11. The molecule has 0 atom stereocenters. The third-order valence-corrected chi connectivity index (χ3v) is 2.41. The van der Waals surface area contributed by atoms with Gasteiger partial charge in [0.2, 0.25) is 0 Å². The first kappa shape index (κ1) is 18.5. The van der Waals surface area contributed by atoms with Crippen molar-refractivity contribution >= 4 is 5.97 Å². The minimum absolute atomic E-state index is 0.307. The minimum atomic E-state index is -0.307. The van der Waals surface area contributed by atoms with Crippen LogP contribution in [0.25, 0.3) is 0 Å². The molecule has 0 aromatic rings. The average molecular weight is 244 g/mol. The maximum atomic E-state index is 10.7. The Morgan fingerprint density at radius 2 is 1.53 bits per heavy atom. The van der Waals surface area contributed by atoms with E-state index in [1.807, 2.05) is 0 Å². The number of hydrazine groups is 1. The average Bonchev–Trinajstić information content (AvgIpc) is 2.39. The number of carbonyl (C=O) groups excluding carboxylic acids is 1. The number of rotatable bonds is 10. The summed E-state index contributed by atoms with van der Waals surface area (Å²) < 4.78 is 4.88. The molecule has 0 aliphatic rings. The molecule has 0 radical (unpaired) electrons. The van der Waals surface area contributed by atoms with Crippen molar-refractivity contribution in [3.63, 3.8) is 0 Å². The van der Waals surface area contributed by atoms with Gasteiger partial charge in [-0.3, -0.25) is 11.7 Å². The predicted molar refractivity (Wildman–Crippen MR) is 72.1 cm³/mol. The molecular weight excluding hydrogens is 216 g/mol. The minimum Gasteiger partial charge on any atom is -0.463 e. The lowest BCUT2D eigenvalue weighted by Crippen LogP contribution is -2.02. The first-order valence-corrected chi connectivity index (χ1v) is 6.43. The Hall–Kier alpha value is -0.870. The molecule has 4 heteroatoms. The number of ether oxygens (including phenoxy) is 1. The molecule has 0 aliphatic heterocycles. The molecule has 4 N–H and O–H groups in total. The lowest BCUT2D eigenvalue weighted by molar-refractivity contribution is -0.137. The Morgan fingerprint density at radius 3 is 2.00 bits per heavy atom. The molecule has 0 heterocycles. The normalized spacial score (nSPS) is 9.12. The van der Waals surface area contributed by atoms with E-state index in [1.54, 1.807) is 0 Å². The SMILES string of the molecule is C=CC(=O)OCCCCCCCCCC.NN. The van der Waals surface area contributed by atoms with Gasteiger partial charge in [0.1, 0.15) is 0 Å². The third kappa shape index (κ3) is 17.7. The largest absolute Gasteiger partial charge is 0.463 e. The molecule has 0 aromatic carbocycles. The molecule has 0 saturated heterocycles. The molecule has 0 aliphatic carbocycles. The van der Waals surface area contributed by atoms with Crippen LogP contribution >= 0.6 is 0 Å². The number of hydrogen-bond acceptors (Lipinski definition) is 4. The van der Waals surface area contributed by atoms with Crippen LogP contribution in [-0.4, -0.2) is 12.6 Å². The topological polar surface area (TPSA) is 78.3 Å². The van der Waals surface area contributed by atoms with Crippen LogP contribution in [-0.2, 0) is 9.53 Å². The van der Waals surface area contributed by atoms with Crippen LogP contribution in [0.3, 0.4) is 0 Å². The summed E-state index contributed by atoms with van der Waals surface area (Å²) in [6, 6.07) is 0. The summed E-state index contributed by atoms with van der Waals surface area (Å²) in [5.74, 6) is 7.69. The fourth-order valence-corrected chi connectivity index (χ4v) is 1.47. The molecule has 0 amide bonds. The molecule has 0 fully saturated rings. The second-order valence-corrected chi connectivity index (χ2v) is 3.85. The van der Waals surface area contributed by atoms with Gasteiger partial charge < -0.3 is 4.74 Å². The van der Waals surface area contributed by atoms with Crippen LogP contribution in [0.2, 0.25) is 0 Å². The first-order valence-electron chi connectivity index (χ1n) is 6.43. The van der Waals surface area contributed by atoms with E-state index in [1.165, 1.54) is 44.6 Å². The standard InChI is InChI=1S/C13H24O2.H4N2/c1-3-5-6-7-8-9-10-11-12-15-13(14)4-2;1-2/h4H,2-3,5-12H2,1H3;1-2H2. The van der Waals surface area contributed by atoms with Crippen molar-refractivity contribution in [3.05, 3.63) is 12.7 Å². The van der Waals surface area contributed by atoms with E-state index in [0.717, 1.165) is 12.8 Å². The van der Waals surface area contributed by atoms with E-state index < -0.39 is 0 Å². The number of nitrogens with two attached hydrogens (primary N) is 2. The number of esters is 1. The lowest BCUT2D eigenvalue weighted by Gasteiger charge is -2.02. The zero-order valence-corrected chi connectivity index (χ0v) is 11.1. The summed E-state index contributed by atoms with van der Waals surface area (Å²) in [7, 11) is 0. The molecule has 0 saturated carbocycles. The van der Waals surface area contributed by atoms with Crippen molar-refractivity contribution in [1.29, 1.82) is 0 Å². The van der Waals surface area contributed by atoms with Gasteiger partial charge in [0.25, 0.3) is 0 Å². The Labute approximate surface area is 105 Å². The van der Waals surface area contributed by atoms with E-state index in [9.17, 15) is 4.79 Å². The fraction of sp³-hybridized carbons (Fsp3) is 0.769. The fourth-order valence-electron chi connectivity index (χ4n) is 1.47. The number of hydrogen-bond donors (Lipinski definition) is 2. The molecule has 17 heavy (non-hydrogen) atoms. The van der Waals surface area contributed by atoms with Crippen LogP contribution in [0, 0.1) is 0 Å². The van der Waals surface area contributed by atoms with Gasteiger partial charge >= 0.3 is 5.97 Å². The van der Waals surface area contributed by atoms with E-state index in [2.05, 4.69) is 25.2 Å². The smallest absolute Gasteiger partial charge is 0.330 e. The van der Waals surface area contributed by atoms with Crippen molar-refractivity contribution in [2.45, 2.75) is 58.3 Å². The van der Waals surface area contributed by atoms with Gasteiger partial charge in [0, 0.05) is 6.08 Å². The van der Waals surface area contributed by atoms with Crippen LogP contribution in [0.4, 0.5) is 0 Å². The highest BCUT2D eigenvalue weighted by atomic mass is 16.5. The molecule has 0 unspecified atom stereocenters. The molecule has 0 rings (SSSR count). The summed E-state index contributed by atoms with van der Waals surface area (Å²) in [5.41, 5.74) is 0. The Kier molecular flexibility index (Phi) is 19.1. The Balaban J connectivity index is 0. The molecule has 0 bridgehead atoms. The van der Waals surface area contributed by atoms with Crippen molar-refractivity contribution < 1.29 is 9.53 Å². The van der Waals surface area contributed by atoms with Gasteiger partial charge in [-0.15, -0.1) is 0 Å². The zero-order chi connectivity index (χ0) is 13.4. The van der Waals surface area contributed by atoms with Crippen molar-refractivity contribution in [2.24, 2.45) is 11.7 Å². The molecule has 0 aromatic heterocycles. The highest BCUT2D eigenvalue weighted by Crippen LogP contribution is 2.08. The van der Waals surface area contributed by atoms with E-state index in [0.29, 0.717) is 6.61 Å².